The maximum atomic E-state index is 12.1. The normalized spacial score (nSPS) is 11.0. The van der Waals surface area contributed by atoms with E-state index in [4.69, 9.17) is 4.55 Å². The quantitative estimate of drug-likeness (QED) is 0.0949. The highest BCUT2D eigenvalue weighted by Crippen LogP contribution is 2.35. The Kier molecular flexibility index (Phi) is 29.3. The average molecular weight is 919 g/mol. The van der Waals surface area contributed by atoms with E-state index in [0.29, 0.717) is 45.9 Å². The fraction of sp³-hybridized carbons (Fsp3) is 0.455. The van der Waals surface area contributed by atoms with Gasteiger partial charge in [-0.3, -0.25) is 13.7 Å². The number of aryl methyl sites for hydroxylation is 5. The molecule has 0 fully saturated rings. The van der Waals surface area contributed by atoms with Gasteiger partial charge in [-0.15, -0.1) is 13.2 Å². The lowest BCUT2D eigenvalue weighted by atomic mass is 9.91. The zero-order chi connectivity index (χ0) is 47.8. The second kappa shape index (κ2) is 28.9. The molecule has 4 rings (SSSR count). The van der Waals surface area contributed by atoms with Crippen LogP contribution in [-0.4, -0.2) is 59.7 Å². The largest absolute Gasteiger partial charge is 0.397 e. The van der Waals surface area contributed by atoms with Gasteiger partial charge in [0.25, 0.3) is 20.2 Å². The van der Waals surface area contributed by atoms with E-state index >= 15 is 0 Å². The maximum absolute atomic E-state index is 12.1. The third-order valence-corrected chi connectivity index (χ3v) is 12.5. The first-order chi connectivity index (χ1) is 27.8. The van der Waals surface area contributed by atoms with Gasteiger partial charge in [0.1, 0.15) is 0 Å². The molecule has 16 heteroatoms. The minimum atomic E-state index is -4.60. The van der Waals surface area contributed by atoms with Crippen LogP contribution in [0.4, 0.5) is 0 Å². The number of hydrogen-bond acceptors (Lipinski definition) is 9. The Bertz CT molecular complexity index is 2320. The summed E-state index contributed by atoms with van der Waals surface area (Å²) in [4.78, 5) is -0.438. The van der Waals surface area contributed by atoms with E-state index in [1.165, 1.54) is 30.7 Å². The second-order valence-corrected chi connectivity index (χ2v) is 18.8. The lowest BCUT2D eigenvalue weighted by Crippen LogP contribution is -2.15. The number of benzene rings is 4. The maximum Gasteiger partial charge on any atom is 0.397 e. The van der Waals surface area contributed by atoms with Gasteiger partial charge in [-0.05, 0) is 116 Å². The van der Waals surface area contributed by atoms with Crippen molar-refractivity contribution in [1.82, 2.24) is 0 Å². The number of rotatable bonds is 11. The van der Waals surface area contributed by atoms with Gasteiger partial charge in [0.05, 0.1) is 27.0 Å². The highest BCUT2D eigenvalue weighted by Gasteiger charge is 2.24. The van der Waals surface area contributed by atoms with E-state index in [1.54, 1.807) is 32.9 Å². The summed E-state index contributed by atoms with van der Waals surface area (Å²) in [6.07, 6.45) is 2.27. The molecule has 4 aromatic rings. The molecule has 0 atom stereocenters. The van der Waals surface area contributed by atoms with Crippen LogP contribution in [0.2, 0.25) is 0 Å². The van der Waals surface area contributed by atoms with Crippen LogP contribution in [0.1, 0.15) is 108 Å². The van der Waals surface area contributed by atoms with Crippen molar-refractivity contribution < 1.29 is 51.5 Å². The van der Waals surface area contributed by atoms with Crippen LogP contribution < -0.4 is 0 Å². The summed E-state index contributed by atoms with van der Waals surface area (Å²) in [5, 5.41) is 1.04. The first kappa shape index (κ1) is 60.8. The minimum absolute atomic E-state index is 0.0852. The summed E-state index contributed by atoms with van der Waals surface area (Å²) in [6, 6.07) is 16.6. The SMILES string of the molecule is C=C.CC.CC.CC.CCC(C)C.Cc1ccc(CCc2c(S(=O)(=O)O)cc3cc(S(=O)(=O)O)c(C)c(C)c3c2C)cc1.Cc1ccc(S(=O)(=O)CCOS(=O)(=O)O)cc1. The lowest BCUT2D eigenvalue weighted by Gasteiger charge is -2.18. The molecule has 12 nitrogen and oxygen atoms in total. The van der Waals surface area contributed by atoms with E-state index in [0.717, 1.165) is 22.6 Å². The Morgan fingerprint density at radius 1 is 0.600 bits per heavy atom. The van der Waals surface area contributed by atoms with Crippen molar-refractivity contribution in [1.29, 1.82) is 0 Å². The molecule has 3 N–H and O–H groups in total. The molecule has 342 valence electrons. The smallest absolute Gasteiger partial charge is 0.282 e. The van der Waals surface area contributed by atoms with Gasteiger partial charge in [0, 0.05) is 0 Å². The lowest BCUT2D eigenvalue weighted by molar-refractivity contribution is 0.284. The highest BCUT2D eigenvalue weighted by molar-refractivity contribution is 7.91. The third kappa shape index (κ3) is 21.4. The highest BCUT2D eigenvalue weighted by atomic mass is 32.3. The monoisotopic (exact) mass is 918 g/mol. The van der Waals surface area contributed by atoms with E-state index in [1.807, 2.05) is 79.7 Å². The van der Waals surface area contributed by atoms with Crippen molar-refractivity contribution in [2.75, 3.05) is 12.4 Å². The molecule has 0 saturated heterocycles. The predicted molar refractivity (Wildman–Crippen MR) is 248 cm³/mol. The van der Waals surface area contributed by atoms with Crippen LogP contribution in [0.25, 0.3) is 10.8 Å². The Labute approximate surface area is 362 Å². The van der Waals surface area contributed by atoms with Gasteiger partial charge < -0.3 is 0 Å². The zero-order valence-corrected chi connectivity index (χ0v) is 41.2. The Balaban J connectivity index is -0.000000914. The average Bonchev–Trinajstić information content (AvgIpc) is 3.18. The van der Waals surface area contributed by atoms with Gasteiger partial charge in [-0.2, -0.15) is 25.3 Å². The van der Waals surface area contributed by atoms with Gasteiger partial charge in [-0.1, -0.05) is 116 Å². The molecular formula is C44H70O12S4. The summed E-state index contributed by atoms with van der Waals surface area (Å²) >= 11 is 0. The fourth-order valence-electron chi connectivity index (χ4n) is 5.03. The Morgan fingerprint density at radius 3 is 1.38 bits per heavy atom. The molecule has 4 aromatic carbocycles. The molecule has 0 spiro atoms. The third-order valence-electron chi connectivity index (χ3n) is 8.42. The van der Waals surface area contributed by atoms with Crippen LogP contribution >= 0.6 is 0 Å². The van der Waals surface area contributed by atoms with Crippen molar-refractivity contribution in [3.63, 3.8) is 0 Å². The Morgan fingerprint density at radius 2 is 1.00 bits per heavy atom. The van der Waals surface area contributed by atoms with E-state index < -0.39 is 52.8 Å². The molecule has 0 unspecified atom stereocenters. The second-order valence-electron chi connectivity index (χ2n) is 12.8. The molecule has 0 radical (unpaired) electrons. The summed E-state index contributed by atoms with van der Waals surface area (Å²) in [6.45, 7) is 32.9. The van der Waals surface area contributed by atoms with Crippen LogP contribution in [0.3, 0.4) is 0 Å². The van der Waals surface area contributed by atoms with Crippen molar-refractivity contribution in [3.05, 3.63) is 113 Å². The molecule has 0 heterocycles. The molecule has 60 heavy (non-hydrogen) atoms. The molecule has 0 amide bonds. The molecule has 0 aliphatic rings. The number of sulfone groups is 1. The van der Waals surface area contributed by atoms with Crippen molar-refractivity contribution in [2.45, 2.75) is 131 Å². The van der Waals surface area contributed by atoms with Crippen molar-refractivity contribution >= 4 is 51.2 Å². The predicted octanol–water partition coefficient (Wildman–Crippen LogP) is 10.9. The van der Waals surface area contributed by atoms with Crippen molar-refractivity contribution in [3.8, 4) is 0 Å². The molecule has 0 saturated carbocycles. The first-order valence-electron chi connectivity index (χ1n) is 19.8. The standard InChI is InChI=1S/C22H24O6S2.C9H12O6S2.C5H12.3C2H6.C2H4/c1-13-5-7-17(8-6-13)9-10-19-16(4)22-15(3)14(2)20(29(23,24)25)11-18(22)12-21(19)30(26,27)28;1-8-2-4-9(5-3-8)16(10,11)7-6-15-17(12,13)14;1-4-5(2)3;4*1-2/h5-8,11-12H,9-10H2,1-4H3,(H,23,24,25)(H,26,27,28);2-5H,6-7H2,1H3,(H,12,13,14);5H,4H2,1-3H3;3*1-2H3;1-2H2. The number of fused-ring (bicyclic) bond motifs is 1. The van der Waals surface area contributed by atoms with Gasteiger partial charge in [0.15, 0.2) is 9.84 Å². The summed E-state index contributed by atoms with van der Waals surface area (Å²) in [5.41, 5.74) is 5.27. The molecular weight excluding hydrogens is 849 g/mol. The van der Waals surface area contributed by atoms with Crippen LogP contribution in [0, 0.1) is 40.5 Å². The van der Waals surface area contributed by atoms with Crippen LogP contribution in [0.15, 0.2) is 88.5 Å². The summed E-state index contributed by atoms with van der Waals surface area (Å²) in [7, 11) is -17.2. The van der Waals surface area contributed by atoms with E-state index in [9.17, 15) is 42.8 Å². The zero-order valence-electron chi connectivity index (χ0n) is 37.9. The fourth-order valence-corrected chi connectivity index (χ4v) is 8.18. The summed E-state index contributed by atoms with van der Waals surface area (Å²) in [5.74, 6) is 0.366. The molecule has 0 bridgehead atoms. The molecule has 0 aliphatic heterocycles. The molecule has 0 aromatic heterocycles. The van der Waals surface area contributed by atoms with Gasteiger partial charge in [0.2, 0.25) is 0 Å². The van der Waals surface area contributed by atoms with Crippen LogP contribution in [-0.2, 0) is 57.5 Å². The molecule has 0 aliphatic carbocycles. The summed E-state index contributed by atoms with van der Waals surface area (Å²) < 4.78 is 123. The van der Waals surface area contributed by atoms with E-state index in [2.05, 4.69) is 38.1 Å². The van der Waals surface area contributed by atoms with Gasteiger partial charge in [-0.25, -0.2) is 12.6 Å². The number of hydrogen-bond donors (Lipinski definition) is 3. The van der Waals surface area contributed by atoms with Crippen LogP contribution in [0.5, 0.6) is 0 Å². The minimum Gasteiger partial charge on any atom is -0.282 e. The van der Waals surface area contributed by atoms with E-state index in [-0.39, 0.29) is 14.7 Å². The topological polar surface area (TPSA) is 206 Å². The Hall–Kier alpha value is -3.48. The first-order valence-corrected chi connectivity index (χ1v) is 25.7. The van der Waals surface area contributed by atoms with Gasteiger partial charge >= 0.3 is 10.4 Å². The van der Waals surface area contributed by atoms with Crippen molar-refractivity contribution in [2.24, 2.45) is 5.92 Å².